The van der Waals surface area contributed by atoms with Gasteiger partial charge in [0.15, 0.2) is 0 Å². The van der Waals surface area contributed by atoms with E-state index in [9.17, 15) is 0 Å². The molecule has 1 nitrogen and oxygen atoms in total. The second kappa shape index (κ2) is 5.40. The maximum atomic E-state index is 6.37. The van der Waals surface area contributed by atoms with Crippen LogP contribution in [0.15, 0.2) is 48.5 Å². The number of fused-ring (bicyclic) bond motifs is 1. The Bertz CT molecular complexity index is 579. The van der Waals surface area contributed by atoms with Gasteiger partial charge in [0.25, 0.3) is 0 Å². The van der Waals surface area contributed by atoms with E-state index in [1.165, 1.54) is 22.3 Å². The lowest BCUT2D eigenvalue weighted by atomic mass is 10.1. The second-order valence-corrected chi connectivity index (χ2v) is 6.43. The van der Waals surface area contributed by atoms with Crippen LogP contribution in [0, 0.1) is 6.92 Å². The average Bonchev–Trinajstić information content (AvgIpc) is 2.75. The summed E-state index contributed by atoms with van der Waals surface area (Å²) in [5, 5.41) is 0.511. The minimum Gasteiger partial charge on any atom is -0.323 e. The monoisotopic (exact) mass is 269 g/mol. The molecule has 0 radical (unpaired) electrons. The number of benzene rings is 2. The molecule has 0 bridgehead atoms. The lowest BCUT2D eigenvalue weighted by molar-refractivity contribution is 0.731. The first-order chi connectivity index (χ1) is 9.25. The van der Waals surface area contributed by atoms with Crippen LogP contribution in [0.1, 0.15) is 28.3 Å². The molecule has 1 aliphatic carbocycles. The van der Waals surface area contributed by atoms with Gasteiger partial charge in [0.2, 0.25) is 0 Å². The van der Waals surface area contributed by atoms with Crippen molar-refractivity contribution < 1.29 is 0 Å². The van der Waals surface area contributed by atoms with Crippen molar-refractivity contribution in [2.45, 2.75) is 30.4 Å². The van der Waals surface area contributed by atoms with E-state index in [1.807, 2.05) is 11.8 Å². The van der Waals surface area contributed by atoms with Crippen LogP contribution in [0.2, 0.25) is 0 Å². The molecule has 3 rings (SSSR count). The molecule has 1 aliphatic rings. The summed E-state index contributed by atoms with van der Waals surface area (Å²) in [6.07, 6.45) is 1.11. The summed E-state index contributed by atoms with van der Waals surface area (Å²) in [6.45, 7) is 2.18. The molecular weight excluding hydrogens is 250 g/mol. The van der Waals surface area contributed by atoms with Crippen LogP contribution >= 0.6 is 11.8 Å². The topological polar surface area (TPSA) is 26.0 Å². The van der Waals surface area contributed by atoms with Gasteiger partial charge in [-0.25, -0.2) is 0 Å². The molecule has 0 heterocycles. The summed E-state index contributed by atoms with van der Waals surface area (Å²) < 4.78 is 0. The first-order valence-electron chi connectivity index (χ1n) is 6.75. The SMILES string of the molecule is Cc1ccccc1CSC1Cc2ccccc2C1N. The minimum atomic E-state index is 0.185. The van der Waals surface area contributed by atoms with Crippen molar-refractivity contribution in [2.75, 3.05) is 0 Å². The van der Waals surface area contributed by atoms with Crippen molar-refractivity contribution in [3.8, 4) is 0 Å². The molecule has 2 aromatic carbocycles. The first kappa shape index (κ1) is 12.8. The Morgan fingerprint density at radius 2 is 1.84 bits per heavy atom. The standard InChI is InChI=1S/C17H19NS/c1-12-6-2-3-8-14(12)11-19-16-10-13-7-4-5-9-15(13)17(16)18/h2-9,16-17H,10-11,18H2,1H3. The van der Waals surface area contributed by atoms with Crippen LogP contribution < -0.4 is 5.73 Å². The van der Waals surface area contributed by atoms with E-state index in [1.54, 1.807) is 0 Å². The number of thioether (sulfide) groups is 1. The number of hydrogen-bond acceptors (Lipinski definition) is 2. The fourth-order valence-corrected chi connectivity index (χ4v) is 4.09. The lowest BCUT2D eigenvalue weighted by Crippen LogP contribution is -2.19. The summed E-state index contributed by atoms with van der Waals surface area (Å²) in [7, 11) is 0. The number of nitrogens with two attached hydrogens (primary N) is 1. The Balaban J connectivity index is 1.69. The van der Waals surface area contributed by atoms with E-state index in [0.29, 0.717) is 5.25 Å². The maximum Gasteiger partial charge on any atom is 0.0421 e. The van der Waals surface area contributed by atoms with Crippen molar-refractivity contribution in [3.63, 3.8) is 0 Å². The van der Waals surface area contributed by atoms with Crippen LogP contribution in [0.25, 0.3) is 0 Å². The van der Waals surface area contributed by atoms with Gasteiger partial charge in [0.05, 0.1) is 0 Å². The van der Waals surface area contributed by atoms with Gasteiger partial charge in [-0.15, -0.1) is 0 Å². The summed E-state index contributed by atoms with van der Waals surface area (Å²) in [5.41, 5.74) is 11.9. The molecule has 2 atom stereocenters. The molecule has 0 aromatic heterocycles. The van der Waals surface area contributed by atoms with Crippen LogP contribution in [0.4, 0.5) is 0 Å². The predicted molar refractivity (Wildman–Crippen MR) is 83.3 cm³/mol. The van der Waals surface area contributed by atoms with Crippen LogP contribution in [-0.4, -0.2) is 5.25 Å². The van der Waals surface area contributed by atoms with Crippen LogP contribution in [0.3, 0.4) is 0 Å². The molecule has 0 amide bonds. The summed E-state index contributed by atoms with van der Waals surface area (Å²) in [4.78, 5) is 0. The maximum absolute atomic E-state index is 6.37. The van der Waals surface area contributed by atoms with Gasteiger partial charge in [0, 0.05) is 17.0 Å². The van der Waals surface area contributed by atoms with Crippen molar-refractivity contribution in [2.24, 2.45) is 5.73 Å². The van der Waals surface area contributed by atoms with E-state index in [0.717, 1.165) is 12.2 Å². The van der Waals surface area contributed by atoms with E-state index in [-0.39, 0.29) is 6.04 Å². The van der Waals surface area contributed by atoms with Gasteiger partial charge < -0.3 is 5.73 Å². The molecule has 0 fully saturated rings. The lowest BCUT2D eigenvalue weighted by Gasteiger charge is -2.16. The largest absolute Gasteiger partial charge is 0.323 e. The van der Waals surface area contributed by atoms with Gasteiger partial charge in [-0.1, -0.05) is 48.5 Å². The molecule has 2 N–H and O–H groups in total. The number of rotatable bonds is 3. The Morgan fingerprint density at radius 1 is 1.11 bits per heavy atom. The smallest absolute Gasteiger partial charge is 0.0421 e. The minimum absolute atomic E-state index is 0.185. The fourth-order valence-electron chi connectivity index (χ4n) is 2.72. The normalized spacial score (nSPS) is 21.4. The van der Waals surface area contributed by atoms with E-state index >= 15 is 0 Å². The Hall–Kier alpha value is -1.25. The van der Waals surface area contributed by atoms with Gasteiger partial charge in [0.1, 0.15) is 0 Å². The fraction of sp³-hybridized carbons (Fsp3) is 0.294. The zero-order chi connectivity index (χ0) is 13.2. The Morgan fingerprint density at radius 3 is 2.63 bits per heavy atom. The predicted octanol–water partition coefficient (Wildman–Crippen LogP) is 3.85. The van der Waals surface area contributed by atoms with Crippen molar-refractivity contribution in [1.29, 1.82) is 0 Å². The highest BCUT2D eigenvalue weighted by molar-refractivity contribution is 7.99. The summed E-state index contributed by atoms with van der Waals surface area (Å²) >= 11 is 1.99. The molecule has 2 unspecified atom stereocenters. The van der Waals surface area contributed by atoms with Crippen LogP contribution in [-0.2, 0) is 12.2 Å². The highest BCUT2D eigenvalue weighted by Crippen LogP contribution is 2.38. The zero-order valence-corrected chi connectivity index (χ0v) is 12.0. The van der Waals surface area contributed by atoms with Crippen molar-refractivity contribution in [3.05, 3.63) is 70.8 Å². The number of aryl methyl sites for hydroxylation is 1. The quantitative estimate of drug-likeness (QED) is 0.916. The molecule has 0 saturated carbocycles. The molecule has 2 aromatic rings. The Labute approximate surface area is 119 Å². The van der Waals surface area contributed by atoms with E-state index in [4.69, 9.17) is 5.73 Å². The molecule has 0 spiro atoms. The third-order valence-corrected chi connectivity index (χ3v) is 5.32. The van der Waals surface area contributed by atoms with Gasteiger partial charge in [-0.2, -0.15) is 11.8 Å². The highest BCUT2D eigenvalue weighted by atomic mass is 32.2. The molecule has 0 aliphatic heterocycles. The molecular formula is C17H19NS. The first-order valence-corrected chi connectivity index (χ1v) is 7.80. The third kappa shape index (κ3) is 2.56. The summed E-state index contributed by atoms with van der Waals surface area (Å²) in [5.74, 6) is 1.05. The third-order valence-electron chi connectivity index (χ3n) is 3.95. The zero-order valence-electron chi connectivity index (χ0n) is 11.2. The average molecular weight is 269 g/mol. The van der Waals surface area contributed by atoms with E-state index < -0.39 is 0 Å². The van der Waals surface area contributed by atoms with Gasteiger partial charge in [-0.3, -0.25) is 0 Å². The second-order valence-electron chi connectivity index (χ2n) is 5.20. The van der Waals surface area contributed by atoms with Crippen LogP contribution in [0.5, 0.6) is 0 Å². The summed E-state index contributed by atoms with van der Waals surface area (Å²) in [6, 6.07) is 17.4. The highest BCUT2D eigenvalue weighted by Gasteiger charge is 2.29. The molecule has 2 heteroatoms. The molecule has 19 heavy (non-hydrogen) atoms. The van der Waals surface area contributed by atoms with Crippen molar-refractivity contribution >= 4 is 11.8 Å². The Kier molecular flexibility index (Phi) is 3.63. The molecule has 0 saturated heterocycles. The number of hydrogen-bond donors (Lipinski definition) is 1. The van der Waals surface area contributed by atoms with Crippen molar-refractivity contribution in [1.82, 2.24) is 0 Å². The van der Waals surface area contributed by atoms with E-state index in [2.05, 4.69) is 55.5 Å². The molecule has 98 valence electrons. The van der Waals surface area contributed by atoms with Gasteiger partial charge in [-0.05, 0) is 35.6 Å². The van der Waals surface area contributed by atoms with Gasteiger partial charge >= 0.3 is 0 Å².